The van der Waals surface area contributed by atoms with E-state index in [1.165, 1.54) is 11.1 Å². The summed E-state index contributed by atoms with van der Waals surface area (Å²) in [7, 11) is 3.87. The monoisotopic (exact) mass is 485 g/mol. The van der Waals surface area contributed by atoms with Crippen LogP contribution < -0.4 is 16.4 Å². The summed E-state index contributed by atoms with van der Waals surface area (Å²) in [5, 5.41) is 18.8. The highest BCUT2D eigenvalue weighted by atomic mass is 16.7. The number of nitrogens with one attached hydrogen (secondary N) is 2. The molecule has 1 unspecified atom stereocenters. The molecule has 0 aromatic heterocycles. The fourth-order valence-electron chi connectivity index (χ4n) is 3.46. The lowest BCUT2D eigenvalue weighted by Crippen LogP contribution is -2.36. The number of benzene rings is 1. The number of hydroxylamine groups is 2. The third-order valence-electron chi connectivity index (χ3n) is 5.42. The number of hydrogen-bond acceptors (Lipinski definition) is 7. The normalized spacial score (nSPS) is 15.5. The van der Waals surface area contributed by atoms with E-state index in [2.05, 4.69) is 47.1 Å². The lowest BCUT2D eigenvalue weighted by atomic mass is 10.1. The molecule has 1 atom stereocenters. The van der Waals surface area contributed by atoms with E-state index >= 15 is 0 Å². The van der Waals surface area contributed by atoms with Crippen LogP contribution in [0.5, 0.6) is 0 Å². The van der Waals surface area contributed by atoms with Crippen molar-refractivity contribution in [3.63, 3.8) is 0 Å². The van der Waals surface area contributed by atoms with Gasteiger partial charge in [-0.15, -0.1) is 0 Å². The Morgan fingerprint density at radius 1 is 1.14 bits per heavy atom. The van der Waals surface area contributed by atoms with Gasteiger partial charge < -0.3 is 26.4 Å². The van der Waals surface area contributed by atoms with Gasteiger partial charge in [-0.2, -0.15) is 5.06 Å². The standard InChI is InChI=1S/C24H35N5O2.2C2H6/c1-28-17-22(9-10-24(28)25)23(30)15-27-13-11-19-5-7-20(8-6-19)18-31-29(2)16-21-4-3-12-26-14-21;2*1-2/h3-10,14,23,26-27,30H,11-13,15-18,25H2,1-2H3;2*1-2H3. The van der Waals surface area contributed by atoms with Crippen LogP contribution >= 0.6 is 0 Å². The summed E-state index contributed by atoms with van der Waals surface area (Å²) in [5.41, 5.74) is 10.4. The van der Waals surface area contributed by atoms with Gasteiger partial charge in [-0.05, 0) is 41.3 Å². The number of dihydropyridines is 1. The highest BCUT2D eigenvalue weighted by Gasteiger charge is 2.15. The van der Waals surface area contributed by atoms with Gasteiger partial charge in [0.2, 0.25) is 0 Å². The highest BCUT2D eigenvalue weighted by Crippen LogP contribution is 2.12. The lowest BCUT2D eigenvalue weighted by molar-refractivity contribution is -0.143. The molecule has 0 saturated carbocycles. The smallest absolute Gasteiger partial charge is 0.0986 e. The second-order valence-corrected chi connectivity index (χ2v) is 8.06. The van der Waals surface area contributed by atoms with E-state index in [4.69, 9.17) is 10.6 Å². The van der Waals surface area contributed by atoms with E-state index in [0.29, 0.717) is 19.7 Å². The molecule has 0 spiro atoms. The van der Waals surface area contributed by atoms with Crippen molar-refractivity contribution in [1.82, 2.24) is 20.6 Å². The predicted octanol–water partition coefficient (Wildman–Crippen LogP) is 3.31. The van der Waals surface area contributed by atoms with Gasteiger partial charge in [-0.1, -0.05) is 70.2 Å². The molecular formula is C28H47N5O2. The number of aliphatic hydroxyl groups is 1. The molecule has 0 amide bonds. The van der Waals surface area contributed by atoms with Gasteiger partial charge in [0.05, 0.1) is 25.1 Å². The lowest BCUT2D eigenvalue weighted by Gasteiger charge is -2.27. The number of aliphatic hydroxyl groups excluding tert-OH is 1. The van der Waals surface area contributed by atoms with Gasteiger partial charge in [0.25, 0.3) is 0 Å². The molecule has 0 radical (unpaired) electrons. The largest absolute Gasteiger partial charge is 0.387 e. The quantitative estimate of drug-likeness (QED) is 0.283. The van der Waals surface area contributed by atoms with E-state index in [1.807, 2.05) is 70.1 Å². The number of rotatable bonds is 11. The Kier molecular flexibility index (Phi) is 15.5. The van der Waals surface area contributed by atoms with Crippen LogP contribution in [-0.4, -0.2) is 68.0 Å². The van der Waals surface area contributed by atoms with Crippen molar-refractivity contribution >= 4 is 0 Å². The molecular weight excluding hydrogens is 438 g/mol. The fourth-order valence-corrected chi connectivity index (χ4v) is 3.46. The van der Waals surface area contributed by atoms with Crippen LogP contribution in [0.4, 0.5) is 0 Å². The summed E-state index contributed by atoms with van der Waals surface area (Å²) in [6.45, 7) is 12.2. The maximum Gasteiger partial charge on any atom is 0.0986 e. The molecule has 1 aromatic rings. The Morgan fingerprint density at radius 3 is 2.46 bits per heavy atom. The second-order valence-electron chi connectivity index (χ2n) is 8.06. The van der Waals surface area contributed by atoms with Crippen LogP contribution in [0.25, 0.3) is 0 Å². The molecule has 2 aliphatic heterocycles. The Balaban J connectivity index is 0.00000145. The average molecular weight is 486 g/mol. The first-order valence-corrected chi connectivity index (χ1v) is 12.8. The van der Waals surface area contributed by atoms with Crippen LogP contribution in [0.3, 0.4) is 0 Å². The molecule has 2 aliphatic rings. The molecule has 3 rings (SSSR count). The van der Waals surface area contributed by atoms with E-state index in [-0.39, 0.29) is 0 Å². The topological polar surface area (TPSA) is 86.0 Å². The SMILES string of the molecule is CC.CC.CN(CC1=CNCC=C1)OCc1ccc(CCNCC(O)C2=CC=C(N)N(C)C2)cc1. The zero-order chi connectivity index (χ0) is 26.1. The number of nitrogens with zero attached hydrogens (tertiary/aromatic N) is 2. The number of hydrogen-bond donors (Lipinski definition) is 4. The second kappa shape index (κ2) is 17.8. The predicted molar refractivity (Wildman–Crippen MR) is 147 cm³/mol. The van der Waals surface area contributed by atoms with Crippen LogP contribution in [0.2, 0.25) is 0 Å². The molecule has 35 heavy (non-hydrogen) atoms. The van der Waals surface area contributed by atoms with Crippen molar-refractivity contribution in [3.05, 3.63) is 82.9 Å². The maximum atomic E-state index is 10.4. The third kappa shape index (κ3) is 11.6. The zero-order valence-electron chi connectivity index (χ0n) is 22.6. The van der Waals surface area contributed by atoms with E-state index in [1.54, 1.807) is 0 Å². The highest BCUT2D eigenvalue weighted by molar-refractivity contribution is 5.26. The first-order chi connectivity index (χ1) is 17.0. The molecule has 0 fully saturated rings. The van der Waals surface area contributed by atoms with Crippen LogP contribution in [0.15, 0.2) is 71.7 Å². The van der Waals surface area contributed by atoms with E-state index in [0.717, 1.165) is 43.0 Å². The summed E-state index contributed by atoms with van der Waals surface area (Å²) in [6, 6.07) is 8.50. The minimum atomic E-state index is -0.501. The van der Waals surface area contributed by atoms with Crippen molar-refractivity contribution < 1.29 is 9.94 Å². The zero-order valence-corrected chi connectivity index (χ0v) is 22.6. The van der Waals surface area contributed by atoms with Crippen LogP contribution in [0.1, 0.15) is 38.8 Å². The van der Waals surface area contributed by atoms with Crippen molar-refractivity contribution in [2.24, 2.45) is 5.73 Å². The van der Waals surface area contributed by atoms with Gasteiger partial charge in [0.15, 0.2) is 0 Å². The van der Waals surface area contributed by atoms with Gasteiger partial charge in [0, 0.05) is 39.9 Å². The van der Waals surface area contributed by atoms with Crippen molar-refractivity contribution in [3.8, 4) is 0 Å². The molecule has 7 nitrogen and oxygen atoms in total. The molecule has 0 bridgehead atoms. The molecule has 1 aromatic carbocycles. The Morgan fingerprint density at radius 2 is 1.83 bits per heavy atom. The van der Waals surface area contributed by atoms with E-state index in [9.17, 15) is 5.11 Å². The fraction of sp³-hybridized carbons (Fsp3) is 0.500. The third-order valence-corrected chi connectivity index (χ3v) is 5.42. The van der Waals surface area contributed by atoms with Gasteiger partial charge in [-0.3, -0.25) is 4.84 Å². The Labute approximate surface area is 213 Å². The van der Waals surface area contributed by atoms with Gasteiger partial charge in [-0.25, -0.2) is 0 Å². The first kappa shape index (κ1) is 30.5. The van der Waals surface area contributed by atoms with E-state index < -0.39 is 6.10 Å². The minimum absolute atomic E-state index is 0.501. The maximum absolute atomic E-state index is 10.4. The summed E-state index contributed by atoms with van der Waals surface area (Å²) in [6.07, 6.45) is 10.4. The number of nitrogens with two attached hydrogens (primary N) is 1. The Hall–Kier alpha value is -2.58. The van der Waals surface area contributed by atoms with Crippen LogP contribution in [-0.2, 0) is 17.9 Å². The number of allylic oxidation sites excluding steroid dienone is 2. The van der Waals surface area contributed by atoms with Gasteiger partial charge in [0.1, 0.15) is 0 Å². The summed E-state index contributed by atoms with van der Waals surface area (Å²) >= 11 is 0. The molecule has 0 aliphatic carbocycles. The van der Waals surface area contributed by atoms with Crippen molar-refractivity contribution in [1.29, 1.82) is 0 Å². The first-order valence-electron chi connectivity index (χ1n) is 12.8. The summed E-state index contributed by atoms with van der Waals surface area (Å²) in [4.78, 5) is 7.77. The molecule has 0 saturated heterocycles. The summed E-state index contributed by atoms with van der Waals surface area (Å²) in [5.74, 6) is 0.723. The molecule has 196 valence electrons. The Bertz CT molecular complexity index is 830. The molecule has 7 heteroatoms. The molecule has 5 N–H and O–H groups in total. The average Bonchev–Trinajstić information content (AvgIpc) is 2.90. The van der Waals surface area contributed by atoms with Crippen molar-refractivity contribution in [2.75, 3.05) is 46.8 Å². The van der Waals surface area contributed by atoms with Gasteiger partial charge >= 0.3 is 0 Å². The number of likely N-dealkylation sites (N-methyl/N-ethyl adjacent to an activating group) is 2. The molecule has 2 heterocycles. The minimum Gasteiger partial charge on any atom is -0.387 e. The summed E-state index contributed by atoms with van der Waals surface area (Å²) < 4.78 is 0. The van der Waals surface area contributed by atoms with Crippen LogP contribution in [0, 0.1) is 0 Å². The van der Waals surface area contributed by atoms with Crippen molar-refractivity contribution in [2.45, 2.75) is 46.8 Å².